The van der Waals surface area contributed by atoms with E-state index >= 15 is 0 Å². The SMILES string of the molecule is Fc1cccc2c1SCCC2NC1CC1c1ccccc1. The van der Waals surface area contributed by atoms with Crippen LogP contribution >= 0.6 is 11.8 Å². The standard InChI is InChI=1S/C18H18FNS/c19-15-8-4-7-13-16(9-10-21-18(13)15)20-17-11-14(17)12-5-2-1-3-6-12/h1-8,14,16-17,20H,9-11H2. The van der Waals surface area contributed by atoms with Crippen molar-refractivity contribution in [2.45, 2.75) is 35.7 Å². The lowest BCUT2D eigenvalue weighted by Crippen LogP contribution is -2.27. The molecule has 3 atom stereocenters. The van der Waals surface area contributed by atoms with Crippen molar-refractivity contribution in [3.05, 3.63) is 65.5 Å². The molecule has 1 N–H and O–H groups in total. The van der Waals surface area contributed by atoms with Gasteiger partial charge in [0.05, 0.1) is 0 Å². The third-order valence-electron chi connectivity index (χ3n) is 4.46. The van der Waals surface area contributed by atoms with Gasteiger partial charge in [0, 0.05) is 22.9 Å². The molecule has 1 heterocycles. The highest BCUT2D eigenvalue weighted by Gasteiger charge is 2.40. The van der Waals surface area contributed by atoms with Gasteiger partial charge in [0.2, 0.25) is 0 Å². The monoisotopic (exact) mass is 299 g/mol. The van der Waals surface area contributed by atoms with Crippen LogP contribution in [-0.4, -0.2) is 11.8 Å². The minimum Gasteiger partial charge on any atom is -0.306 e. The molecule has 108 valence electrons. The summed E-state index contributed by atoms with van der Waals surface area (Å²) in [5.74, 6) is 1.55. The van der Waals surface area contributed by atoms with E-state index in [1.807, 2.05) is 6.07 Å². The Labute approximate surface area is 129 Å². The largest absolute Gasteiger partial charge is 0.306 e. The Morgan fingerprint density at radius 2 is 1.90 bits per heavy atom. The molecule has 0 radical (unpaired) electrons. The summed E-state index contributed by atoms with van der Waals surface area (Å²) in [5.41, 5.74) is 2.56. The van der Waals surface area contributed by atoms with Crippen LogP contribution in [0.3, 0.4) is 0 Å². The molecule has 3 heteroatoms. The van der Waals surface area contributed by atoms with Crippen LogP contribution in [0.25, 0.3) is 0 Å². The van der Waals surface area contributed by atoms with Crippen molar-refractivity contribution in [1.82, 2.24) is 5.32 Å². The van der Waals surface area contributed by atoms with E-state index in [4.69, 9.17) is 0 Å². The molecule has 0 saturated heterocycles. The zero-order chi connectivity index (χ0) is 14.2. The van der Waals surface area contributed by atoms with Gasteiger partial charge < -0.3 is 5.32 Å². The van der Waals surface area contributed by atoms with Gasteiger partial charge in [-0.2, -0.15) is 0 Å². The normalized spacial score (nSPS) is 27.2. The Kier molecular flexibility index (Phi) is 3.48. The molecule has 4 rings (SSSR count). The molecule has 1 nitrogen and oxygen atoms in total. The third kappa shape index (κ3) is 2.60. The van der Waals surface area contributed by atoms with Crippen LogP contribution in [-0.2, 0) is 0 Å². The number of hydrogen-bond acceptors (Lipinski definition) is 2. The smallest absolute Gasteiger partial charge is 0.137 e. The zero-order valence-electron chi connectivity index (χ0n) is 11.8. The molecular weight excluding hydrogens is 281 g/mol. The van der Waals surface area contributed by atoms with Crippen molar-refractivity contribution in [2.24, 2.45) is 0 Å². The molecule has 0 bridgehead atoms. The van der Waals surface area contributed by atoms with Crippen LogP contribution in [0, 0.1) is 5.82 Å². The summed E-state index contributed by atoms with van der Waals surface area (Å²) in [4.78, 5) is 0.846. The van der Waals surface area contributed by atoms with E-state index in [1.54, 1.807) is 17.8 Å². The molecule has 21 heavy (non-hydrogen) atoms. The second-order valence-corrected chi connectivity index (χ2v) is 6.98. The van der Waals surface area contributed by atoms with Gasteiger partial charge in [0.15, 0.2) is 0 Å². The quantitative estimate of drug-likeness (QED) is 0.895. The van der Waals surface area contributed by atoms with Crippen molar-refractivity contribution < 1.29 is 4.39 Å². The maximum absolute atomic E-state index is 13.9. The Bertz CT molecular complexity index is 643. The molecule has 0 amide bonds. The first-order valence-corrected chi connectivity index (χ1v) is 8.53. The van der Waals surface area contributed by atoms with Crippen LogP contribution in [0.15, 0.2) is 53.4 Å². The van der Waals surface area contributed by atoms with E-state index in [1.165, 1.54) is 12.0 Å². The van der Waals surface area contributed by atoms with Gasteiger partial charge in [0.1, 0.15) is 5.82 Å². The predicted molar refractivity (Wildman–Crippen MR) is 85.2 cm³/mol. The van der Waals surface area contributed by atoms with Crippen LogP contribution in [0.1, 0.15) is 35.9 Å². The first-order valence-electron chi connectivity index (χ1n) is 7.55. The number of benzene rings is 2. The average Bonchev–Trinajstić information content (AvgIpc) is 3.29. The molecule has 1 aliphatic carbocycles. The summed E-state index contributed by atoms with van der Waals surface area (Å²) in [7, 11) is 0. The van der Waals surface area contributed by atoms with Gasteiger partial charge in [-0.1, -0.05) is 42.5 Å². The summed E-state index contributed by atoms with van der Waals surface area (Å²) >= 11 is 1.65. The molecule has 2 aromatic carbocycles. The average molecular weight is 299 g/mol. The van der Waals surface area contributed by atoms with Crippen molar-refractivity contribution in [2.75, 3.05) is 5.75 Å². The zero-order valence-corrected chi connectivity index (χ0v) is 12.6. The number of fused-ring (bicyclic) bond motifs is 1. The van der Waals surface area contributed by atoms with Crippen molar-refractivity contribution >= 4 is 11.8 Å². The molecule has 1 aliphatic heterocycles. The topological polar surface area (TPSA) is 12.0 Å². The lowest BCUT2D eigenvalue weighted by atomic mass is 10.0. The predicted octanol–water partition coefficient (Wildman–Crippen LogP) is 4.51. The van der Waals surface area contributed by atoms with Crippen molar-refractivity contribution in [3.63, 3.8) is 0 Å². The van der Waals surface area contributed by atoms with Gasteiger partial charge in [-0.25, -0.2) is 4.39 Å². The lowest BCUT2D eigenvalue weighted by Gasteiger charge is -2.26. The summed E-state index contributed by atoms with van der Waals surface area (Å²) in [5, 5.41) is 3.74. The number of rotatable bonds is 3. The minimum atomic E-state index is -0.0700. The molecular formula is C18H18FNS. The van der Waals surface area contributed by atoms with E-state index in [2.05, 4.69) is 41.7 Å². The number of halogens is 1. The van der Waals surface area contributed by atoms with Crippen LogP contribution in [0.4, 0.5) is 4.39 Å². The van der Waals surface area contributed by atoms with Crippen molar-refractivity contribution in [1.29, 1.82) is 0 Å². The second kappa shape index (κ2) is 5.47. The van der Waals surface area contributed by atoms with Gasteiger partial charge >= 0.3 is 0 Å². The lowest BCUT2D eigenvalue weighted by molar-refractivity contribution is 0.490. The number of hydrogen-bond donors (Lipinski definition) is 1. The maximum atomic E-state index is 13.9. The maximum Gasteiger partial charge on any atom is 0.137 e. The molecule has 1 saturated carbocycles. The minimum absolute atomic E-state index is 0.0700. The van der Waals surface area contributed by atoms with Gasteiger partial charge in [-0.15, -0.1) is 11.8 Å². The van der Waals surface area contributed by atoms with Gasteiger partial charge in [0.25, 0.3) is 0 Å². The van der Waals surface area contributed by atoms with E-state index in [9.17, 15) is 4.39 Å². The van der Waals surface area contributed by atoms with Crippen molar-refractivity contribution in [3.8, 4) is 0 Å². The number of nitrogens with one attached hydrogen (secondary N) is 1. The molecule has 0 spiro atoms. The highest BCUT2D eigenvalue weighted by molar-refractivity contribution is 7.99. The third-order valence-corrected chi connectivity index (χ3v) is 5.62. The fourth-order valence-electron chi connectivity index (χ4n) is 3.27. The first kappa shape index (κ1) is 13.4. The fraction of sp³-hybridized carbons (Fsp3) is 0.333. The first-order chi connectivity index (χ1) is 10.3. The summed E-state index contributed by atoms with van der Waals surface area (Å²) in [6.07, 6.45) is 2.28. The van der Waals surface area contributed by atoms with Crippen LogP contribution < -0.4 is 5.32 Å². The number of thioether (sulfide) groups is 1. The molecule has 0 aromatic heterocycles. The highest BCUT2D eigenvalue weighted by atomic mass is 32.2. The van der Waals surface area contributed by atoms with Gasteiger partial charge in [-0.3, -0.25) is 0 Å². The Hall–Kier alpha value is -1.32. The molecule has 1 fully saturated rings. The van der Waals surface area contributed by atoms with E-state index in [0.717, 1.165) is 22.6 Å². The van der Waals surface area contributed by atoms with Crippen LogP contribution in [0.5, 0.6) is 0 Å². The van der Waals surface area contributed by atoms with Crippen LogP contribution in [0.2, 0.25) is 0 Å². The Morgan fingerprint density at radius 3 is 2.76 bits per heavy atom. The fourth-order valence-corrected chi connectivity index (χ4v) is 4.41. The van der Waals surface area contributed by atoms with Gasteiger partial charge in [-0.05, 0) is 35.8 Å². The van der Waals surface area contributed by atoms with E-state index < -0.39 is 0 Å². The molecule has 3 unspecified atom stereocenters. The molecule has 2 aliphatic rings. The van der Waals surface area contributed by atoms with E-state index in [0.29, 0.717) is 18.0 Å². The summed E-state index contributed by atoms with van der Waals surface area (Å²) in [6.45, 7) is 0. The Balaban J connectivity index is 1.49. The summed E-state index contributed by atoms with van der Waals surface area (Å²) in [6, 6.07) is 17.0. The molecule has 2 aromatic rings. The van der Waals surface area contributed by atoms with E-state index in [-0.39, 0.29) is 5.82 Å². The summed E-state index contributed by atoms with van der Waals surface area (Å²) < 4.78 is 13.9. The Morgan fingerprint density at radius 1 is 1.05 bits per heavy atom. The highest BCUT2D eigenvalue weighted by Crippen LogP contribution is 2.44. The second-order valence-electron chi connectivity index (χ2n) is 5.87.